The molecular weight excluding hydrogens is 168 g/mol. The maximum Gasteiger partial charge on any atom is -0.0376 e. The number of hydrogen-bond acceptors (Lipinski definition) is 0. The third-order valence-electron chi connectivity index (χ3n) is 1.98. The van der Waals surface area contributed by atoms with E-state index in [2.05, 4.69) is 65.0 Å². The highest BCUT2D eigenvalue weighted by Crippen LogP contribution is 2.07. The van der Waals surface area contributed by atoms with Crippen LogP contribution in [0.1, 0.15) is 41.0 Å². The van der Waals surface area contributed by atoms with E-state index in [0.29, 0.717) is 0 Å². The fourth-order valence-electron chi connectivity index (χ4n) is 1.20. The summed E-state index contributed by atoms with van der Waals surface area (Å²) in [4.78, 5) is 0. The van der Waals surface area contributed by atoms with Gasteiger partial charge in [0, 0.05) is 0 Å². The van der Waals surface area contributed by atoms with Gasteiger partial charge in [0.2, 0.25) is 0 Å². The molecule has 0 spiro atoms. The molecule has 0 aromatic carbocycles. The Morgan fingerprint density at radius 1 is 0.929 bits per heavy atom. The molecule has 0 heteroatoms. The summed E-state index contributed by atoms with van der Waals surface area (Å²) in [6.07, 6.45) is 12.0. The highest BCUT2D eigenvalue weighted by atomic mass is 13.9. The number of hydrogen-bond donors (Lipinski definition) is 0. The van der Waals surface area contributed by atoms with E-state index in [4.69, 9.17) is 0 Å². The maximum atomic E-state index is 2.21. The van der Waals surface area contributed by atoms with Gasteiger partial charge in [-0.15, -0.1) is 0 Å². The molecule has 0 fully saturated rings. The summed E-state index contributed by atoms with van der Waals surface area (Å²) in [5.74, 6) is 0. The van der Waals surface area contributed by atoms with Crippen LogP contribution >= 0.6 is 0 Å². The summed E-state index contributed by atoms with van der Waals surface area (Å²) >= 11 is 0. The quantitative estimate of drug-likeness (QED) is 0.558. The van der Waals surface area contributed by atoms with Gasteiger partial charge in [-0.2, -0.15) is 0 Å². The second-order valence-corrected chi connectivity index (χ2v) is 3.62. The Labute approximate surface area is 88.7 Å². The van der Waals surface area contributed by atoms with Crippen LogP contribution in [0.15, 0.2) is 47.1 Å². The molecule has 0 atom stereocenters. The summed E-state index contributed by atoms with van der Waals surface area (Å²) in [6, 6.07) is 0. The van der Waals surface area contributed by atoms with Crippen molar-refractivity contribution in [1.82, 2.24) is 0 Å². The minimum atomic E-state index is 1.10. The van der Waals surface area contributed by atoms with Crippen LogP contribution in [0.5, 0.6) is 0 Å². The average Bonchev–Trinajstić information content (AvgIpc) is 2.14. The molecule has 0 aliphatic heterocycles. The molecule has 0 saturated carbocycles. The lowest BCUT2D eigenvalue weighted by atomic mass is 10.1. The van der Waals surface area contributed by atoms with Crippen molar-refractivity contribution in [3.63, 3.8) is 0 Å². The van der Waals surface area contributed by atoms with Crippen molar-refractivity contribution >= 4 is 0 Å². The van der Waals surface area contributed by atoms with Crippen LogP contribution in [0.4, 0.5) is 0 Å². The molecule has 0 aliphatic carbocycles. The van der Waals surface area contributed by atoms with Crippen molar-refractivity contribution in [2.75, 3.05) is 0 Å². The standard InChI is InChI=1S/C14H22/c1-6-8-9-13(4)11-14(5)10-12(3)7-2/h7-11H,6H2,1-5H3/b9-8+,12-7-,13-11+,14-10-. The lowest BCUT2D eigenvalue weighted by molar-refractivity contribution is 1.22. The van der Waals surface area contributed by atoms with Gasteiger partial charge in [0.15, 0.2) is 0 Å². The molecule has 0 bridgehead atoms. The minimum Gasteiger partial charge on any atom is -0.0847 e. The van der Waals surface area contributed by atoms with Crippen LogP contribution in [0.2, 0.25) is 0 Å². The van der Waals surface area contributed by atoms with E-state index in [9.17, 15) is 0 Å². The van der Waals surface area contributed by atoms with Crippen molar-refractivity contribution in [1.29, 1.82) is 0 Å². The van der Waals surface area contributed by atoms with Crippen LogP contribution in [-0.4, -0.2) is 0 Å². The molecule has 0 amide bonds. The lowest BCUT2D eigenvalue weighted by Gasteiger charge is -1.96. The average molecular weight is 190 g/mol. The monoisotopic (exact) mass is 190 g/mol. The van der Waals surface area contributed by atoms with Crippen LogP contribution in [-0.2, 0) is 0 Å². The van der Waals surface area contributed by atoms with Gasteiger partial charge in [0.05, 0.1) is 0 Å². The number of rotatable bonds is 4. The normalized spacial score (nSPS) is 15.4. The van der Waals surface area contributed by atoms with E-state index in [0.717, 1.165) is 6.42 Å². The topological polar surface area (TPSA) is 0 Å². The molecule has 0 unspecified atom stereocenters. The fourth-order valence-corrected chi connectivity index (χ4v) is 1.20. The summed E-state index contributed by atoms with van der Waals surface area (Å²) in [5.41, 5.74) is 3.93. The second-order valence-electron chi connectivity index (χ2n) is 3.62. The molecule has 0 radical (unpaired) electrons. The van der Waals surface area contributed by atoms with Crippen molar-refractivity contribution in [2.24, 2.45) is 0 Å². The first-order valence-electron chi connectivity index (χ1n) is 5.26. The predicted molar refractivity (Wildman–Crippen MR) is 66.4 cm³/mol. The first kappa shape index (κ1) is 13.0. The van der Waals surface area contributed by atoms with Crippen LogP contribution in [0.3, 0.4) is 0 Å². The molecule has 0 aromatic rings. The molecule has 0 heterocycles. The van der Waals surface area contributed by atoms with E-state index in [1.165, 1.54) is 16.7 Å². The highest BCUT2D eigenvalue weighted by Gasteiger charge is 1.86. The molecule has 78 valence electrons. The van der Waals surface area contributed by atoms with Crippen molar-refractivity contribution in [3.05, 3.63) is 47.1 Å². The lowest BCUT2D eigenvalue weighted by Crippen LogP contribution is -1.75. The van der Waals surface area contributed by atoms with Gasteiger partial charge < -0.3 is 0 Å². The predicted octanol–water partition coefficient (Wildman–Crippen LogP) is 4.81. The maximum absolute atomic E-state index is 2.21. The van der Waals surface area contributed by atoms with Gasteiger partial charge in [-0.25, -0.2) is 0 Å². The van der Waals surface area contributed by atoms with Crippen LogP contribution in [0.25, 0.3) is 0 Å². The largest absolute Gasteiger partial charge is 0.0847 e. The van der Waals surface area contributed by atoms with Gasteiger partial charge in [-0.1, -0.05) is 54.0 Å². The van der Waals surface area contributed by atoms with Crippen LogP contribution < -0.4 is 0 Å². The first-order chi connectivity index (χ1) is 6.60. The van der Waals surface area contributed by atoms with Gasteiger partial charge in [-0.3, -0.25) is 0 Å². The molecule has 0 aliphatic rings. The molecule has 0 rings (SSSR count). The third-order valence-corrected chi connectivity index (χ3v) is 1.98. The minimum absolute atomic E-state index is 1.10. The van der Waals surface area contributed by atoms with Gasteiger partial charge in [0.25, 0.3) is 0 Å². The zero-order chi connectivity index (χ0) is 11.0. The molecule has 0 aromatic heterocycles. The Morgan fingerprint density at radius 2 is 1.50 bits per heavy atom. The fraction of sp³-hybridized carbons (Fsp3) is 0.429. The first-order valence-corrected chi connectivity index (χ1v) is 5.26. The van der Waals surface area contributed by atoms with Gasteiger partial charge in [-0.05, 0) is 34.1 Å². The Kier molecular flexibility index (Phi) is 6.82. The Morgan fingerprint density at radius 3 is 2.00 bits per heavy atom. The second kappa shape index (κ2) is 7.37. The van der Waals surface area contributed by atoms with Crippen molar-refractivity contribution in [2.45, 2.75) is 41.0 Å². The smallest absolute Gasteiger partial charge is 0.0376 e. The van der Waals surface area contributed by atoms with Crippen molar-refractivity contribution in [3.8, 4) is 0 Å². The van der Waals surface area contributed by atoms with Gasteiger partial charge in [0.1, 0.15) is 0 Å². The summed E-state index contributed by atoms with van der Waals surface area (Å²) in [7, 11) is 0. The SMILES string of the molecule is C\C=C(C)/C=C(C)\C=C(C)\C=C\CC. The van der Waals surface area contributed by atoms with E-state index < -0.39 is 0 Å². The molecule has 0 nitrogen and oxygen atoms in total. The van der Waals surface area contributed by atoms with E-state index in [1.54, 1.807) is 0 Å². The Hall–Kier alpha value is -1.04. The zero-order valence-electron chi connectivity index (χ0n) is 10.1. The molecule has 14 heavy (non-hydrogen) atoms. The van der Waals surface area contributed by atoms with E-state index in [-0.39, 0.29) is 0 Å². The molecule has 0 saturated heterocycles. The molecular formula is C14H22. The number of allylic oxidation sites excluding steroid dienone is 8. The molecule has 0 N–H and O–H groups in total. The Balaban J connectivity index is 4.49. The summed E-state index contributed by atoms with van der Waals surface area (Å²) < 4.78 is 0. The Bertz CT molecular complexity index is 272. The van der Waals surface area contributed by atoms with Gasteiger partial charge >= 0.3 is 0 Å². The van der Waals surface area contributed by atoms with E-state index >= 15 is 0 Å². The van der Waals surface area contributed by atoms with Crippen LogP contribution in [0, 0.1) is 0 Å². The van der Waals surface area contributed by atoms with E-state index in [1.807, 2.05) is 0 Å². The summed E-state index contributed by atoms with van der Waals surface area (Å²) in [6.45, 7) is 10.6. The third kappa shape index (κ3) is 6.47. The highest BCUT2D eigenvalue weighted by molar-refractivity contribution is 5.32. The summed E-state index contributed by atoms with van der Waals surface area (Å²) in [5, 5.41) is 0. The zero-order valence-corrected chi connectivity index (χ0v) is 10.1. The van der Waals surface area contributed by atoms with Crippen molar-refractivity contribution < 1.29 is 0 Å².